The zero-order valence-corrected chi connectivity index (χ0v) is 25.2. The molecule has 3 rings (SSSR count). The number of aromatic nitrogens is 2. The van der Waals surface area contributed by atoms with Crippen LogP contribution in [-0.4, -0.2) is 136 Å². The number of hydrogen-bond acceptors (Lipinski definition) is 19. The van der Waals surface area contributed by atoms with Crippen LogP contribution in [0.4, 0.5) is 5.82 Å². The number of nitrogens with two attached hydrogens (primary N) is 1. The number of nitrogen functional groups attached to an aromatic ring is 1. The molecule has 258 valence electrons. The number of aliphatic hydroxyl groups excluding tert-OH is 5. The average Bonchev–Trinajstić information content (AvgIpc) is 3.25. The maximum Gasteiger partial charge on any atom is 0.351 e. The highest BCUT2D eigenvalue weighted by atomic mass is 31.2. The predicted molar refractivity (Wildman–Crippen MR) is 141 cm³/mol. The number of carboxylic acids is 1. The Morgan fingerprint density at radius 2 is 1.89 bits per heavy atom. The number of aliphatic carboxylic acids is 1. The number of hydrogen-bond donors (Lipinski definition) is 6. The van der Waals surface area contributed by atoms with Gasteiger partial charge >= 0.3 is 5.69 Å². The Labute approximate surface area is 256 Å². The van der Waals surface area contributed by atoms with Crippen molar-refractivity contribution in [3.05, 3.63) is 22.7 Å². The Kier molecular flexibility index (Phi) is 13.4. The van der Waals surface area contributed by atoms with Crippen molar-refractivity contribution in [1.29, 1.82) is 0 Å². The minimum Gasteiger partial charge on any atom is -0.756 e. The molecule has 3 heterocycles. The molecule has 2 saturated heterocycles. The largest absolute Gasteiger partial charge is 0.756 e. The van der Waals surface area contributed by atoms with E-state index in [2.05, 4.69) is 4.98 Å². The first-order chi connectivity index (χ1) is 21.1. The van der Waals surface area contributed by atoms with Crippen LogP contribution in [0.1, 0.15) is 19.6 Å². The zero-order chi connectivity index (χ0) is 33.5. The van der Waals surface area contributed by atoms with Crippen LogP contribution in [-0.2, 0) is 42.1 Å². The van der Waals surface area contributed by atoms with Crippen molar-refractivity contribution in [1.82, 2.24) is 9.55 Å². The van der Waals surface area contributed by atoms with E-state index in [4.69, 9.17) is 38.5 Å². The summed E-state index contributed by atoms with van der Waals surface area (Å²) in [6.45, 7) is 0.668. The summed E-state index contributed by atoms with van der Waals surface area (Å²) in [7, 11) is -4.22. The fraction of sp³-hybridized carbons (Fsp3) is 0.792. The van der Waals surface area contributed by atoms with Crippen molar-refractivity contribution >= 4 is 19.6 Å². The van der Waals surface area contributed by atoms with Gasteiger partial charge in [-0.2, -0.15) is 4.98 Å². The maximum atomic E-state index is 12.8. The molecule has 2 fully saturated rings. The van der Waals surface area contributed by atoms with Crippen molar-refractivity contribution in [2.75, 3.05) is 52.5 Å². The standard InChI is InChI=1S/C24H40N3O17P/c1-12-13(28)9-24(22(33)34,43-20(12)17(30)14(29)10-40-8-7-39-6-5-38-2)44-45(36,37)41-11-15-18(31)19(32)21(42-15)27-4-3-16(25)26-23(27)35/h3-4,12-15,17-21,28-32H,5-11H2,1-2H3,(H,33,34)(H,36,37)(H2,25,26,35)/p-2/t12-,13-,14-,15?,17-,18-,19-,20?,21?,24-/m1/s1. The monoisotopic (exact) mass is 671 g/mol. The number of rotatable bonds is 17. The fourth-order valence-electron chi connectivity index (χ4n) is 4.64. The van der Waals surface area contributed by atoms with Gasteiger partial charge in [-0.3, -0.25) is 13.7 Å². The minimum atomic E-state index is -5.72. The van der Waals surface area contributed by atoms with Crippen LogP contribution in [0.15, 0.2) is 17.1 Å². The summed E-state index contributed by atoms with van der Waals surface area (Å²) >= 11 is 0. The Morgan fingerprint density at radius 1 is 1.22 bits per heavy atom. The molecule has 4 unspecified atom stereocenters. The molecule has 2 aliphatic rings. The van der Waals surface area contributed by atoms with Gasteiger partial charge in [0.15, 0.2) is 6.23 Å². The van der Waals surface area contributed by atoms with E-state index in [1.54, 1.807) is 0 Å². The Balaban J connectivity index is 1.64. The molecule has 0 aliphatic carbocycles. The molecule has 20 nitrogen and oxygen atoms in total. The first kappa shape index (κ1) is 37.3. The normalized spacial score (nSPS) is 33.0. The molecule has 2 aliphatic heterocycles. The minimum absolute atomic E-state index is 0.0186. The number of aliphatic hydroxyl groups is 5. The number of methoxy groups -OCH3 is 1. The summed E-state index contributed by atoms with van der Waals surface area (Å²) in [6.07, 6.45) is -13.4. The summed E-state index contributed by atoms with van der Waals surface area (Å²) < 4.78 is 49.0. The number of carbonyl (C=O) groups excluding carboxylic acids is 1. The maximum absolute atomic E-state index is 12.8. The van der Waals surface area contributed by atoms with E-state index < -0.39 is 99.8 Å². The second-order valence-corrected chi connectivity index (χ2v) is 11.7. The molecule has 0 spiro atoms. The van der Waals surface area contributed by atoms with Gasteiger partial charge in [0, 0.05) is 25.6 Å². The molecule has 0 saturated carbocycles. The first-order valence-electron chi connectivity index (χ1n) is 13.7. The van der Waals surface area contributed by atoms with E-state index in [0.717, 1.165) is 10.8 Å². The van der Waals surface area contributed by atoms with Crippen LogP contribution >= 0.6 is 7.82 Å². The Hall–Kier alpha value is -2.14. The van der Waals surface area contributed by atoms with Gasteiger partial charge in [-0.25, -0.2) is 4.79 Å². The van der Waals surface area contributed by atoms with Crippen molar-refractivity contribution in [2.24, 2.45) is 5.92 Å². The number of carbonyl (C=O) groups is 1. The van der Waals surface area contributed by atoms with Gasteiger partial charge in [0.25, 0.3) is 7.82 Å². The smallest absolute Gasteiger partial charge is 0.351 e. The van der Waals surface area contributed by atoms with E-state index in [0.29, 0.717) is 13.2 Å². The quantitative estimate of drug-likeness (QED) is 0.0665. The molecule has 0 bridgehead atoms. The molecule has 21 heteroatoms. The summed E-state index contributed by atoms with van der Waals surface area (Å²) in [5.74, 6) is -6.64. The summed E-state index contributed by atoms with van der Waals surface area (Å²) in [6, 6.07) is 1.21. The van der Waals surface area contributed by atoms with E-state index in [1.165, 1.54) is 20.1 Å². The first-order valence-corrected chi connectivity index (χ1v) is 15.2. The molecule has 0 aromatic carbocycles. The third-order valence-corrected chi connectivity index (χ3v) is 8.17. The molecule has 1 aromatic heterocycles. The lowest BCUT2D eigenvalue weighted by Crippen LogP contribution is -2.64. The van der Waals surface area contributed by atoms with Gasteiger partial charge < -0.3 is 74.3 Å². The van der Waals surface area contributed by atoms with Crippen molar-refractivity contribution in [3.63, 3.8) is 0 Å². The third kappa shape index (κ3) is 9.46. The van der Waals surface area contributed by atoms with E-state index >= 15 is 0 Å². The molecule has 1 aromatic rings. The number of phosphoric acid groups is 1. The second-order valence-electron chi connectivity index (χ2n) is 10.4. The SMILES string of the molecule is COCCOCCOC[C@@H](O)[C@@H](O)C1O[C@](OP(=O)([O-])OCC2OC(n3ccc(N)nc3=O)[C@H](O)[C@@H]2O)(C(=O)[O-])C[C@@H](O)[C@H]1C. The van der Waals surface area contributed by atoms with Gasteiger partial charge in [0.05, 0.1) is 51.8 Å². The molecule has 0 radical (unpaired) electrons. The fourth-order valence-corrected chi connectivity index (χ4v) is 5.57. The van der Waals surface area contributed by atoms with Crippen molar-refractivity contribution in [3.8, 4) is 0 Å². The van der Waals surface area contributed by atoms with Crippen LogP contribution < -0.4 is 21.4 Å². The van der Waals surface area contributed by atoms with E-state index in [9.17, 15) is 49.7 Å². The van der Waals surface area contributed by atoms with Gasteiger partial charge in [0.2, 0.25) is 5.79 Å². The predicted octanol–water partition coefficient (Wildman–Crippen LogP) is -5.42. The molecular weight excluding hydrogens is 633 g/mol. The molecular formula is C24H38N3O17P-2. The lowest BCUT2D eigenvalue weighted by molar-refractivity contribution is -0.380. The average molecular weight is 672 g/mol. The zero-order valence-electron chi connectivity index (χ0n) is 24.4. The van der Waals surface area contributed by atoms with Crippen LogP contribution in [0.5, 0.6) is 0 Å². The Bertz CT molecular complexity index is 1220. The summed E-state index contributed by atoms with van der Waals surface area (Å²) in [5, 5.41) is 64.5. The number of phosphoric ester groups is 1. The van der Waals surface area contributed by atoms with Gasteiger partial charge in [-0.1, -0.05) is 6.92 Å². The number of anilines is 1. The number of carboxylic acid groups (broad SMARTS) is 1. The molecule has 7 N–H and O–H groups in total. The lowest BCUT2D eigenvalue weighted by Gasteiger charge is -2.49. The van der Waals surface area contributed by atoms with Crippen molar-refractivity contribution in [2.45, 2.75) is 68.1 Å². The lowest BCUT2D eigenvalue weighted by atomic mass is 9.85. The highest BCUT2D eigenvalue weighted by Gasteiger charge is 2.52. The highest BCUT2D eigenvalue weighted by molar-refractivity contribution is 7.45. The summed E-state index contributed by atoms with van der Waals surface area (Å²) in [4.78, 5) is 40.5. The molecule has 0 amide bonds. The number of ether oxygens (including phenoxy) is 5. The van der Waals surface area contributed by atoms with Crippen molar-refractivity contribution < 1.29 is 77.6 Å². The van der Waals surface area contributed by atoms with Gasteiger partial charge in [-0.15, -0.1) is 0 Å². The topological polar surface area (TPSA) is 307 Å². The van der Waals surface area contributed by atoms with Crippen LogP contribution in [0.25, 0.3) is 0 Å². The highest BCUT2D eigenvalue weighted by Crippen LogP contribution is 2.49. The van der Waals surface area contributed by atoms with Gasteiger partial charge in [0.1, 0.15) is 42.3 Å². The summed E-state index contributed by atoms with van der Waals surface area (Å²) in [5.41, 5.74) is 4.49. The Morgan fingerprint density at radius 3 is 2.53 bits per heavy atom. The third-order valence-electron chi connectivity index (χ3n) is 7.18. The molecule has 11 atom stereocenters. The van der Waals surface area contributed by atoms with Crippen LogP contribution in [0, 0.1) is 5.92 Å². The second kappa shape index (κ2) is 16.1. The van der Waals surface area contributed by atoms with E-state index in [1.807, 2.05) is 0 Å². The van der Waals surface area contributed by atoms with Gasteiger partial charge in [-0.05, 0) is 6.07 Å². The number of nitrogens with zero attached hydrogens (tertiary/aromatic N) is 2. The van der Waals surface area contributed by atoms with Crippen LogP contribution in [0.3, 0.4) is 0 Å². The van der Waals surface area contributed by atoms with E-state index in [-0.39, 0.29) is 19.0 Å². The van der Waals surface area contributed by atoms with Crippen LogP contribution in [0.2, 0.25) is 0 Å². The molecule has 45 heavy (non-hydrogen) atoms.